The molecule has 3 aromatic rings. The zero-order valence-electron chi connectivity index (χ0n) is 33.3. The maximum Gasteiger partial charge on any atom is 3.00 e. The summed E-state index contributed by atoms with van der Waals surface area (Å²) in [6, 6.07) is 23.6. The first kappa shape index (κ1) is 46.8. The molecule has 4 nitrogen and oxygen atoms in total. The second-order valence-electron chi connectivity index (χ2n) is 14.8. The molecule has 0 fully saturated rings. The molecule has 0 bridgehead atoms. The Labute approximate surface area is 322 Å². The van der Waals surface area contributed by atoms with Gasteiger partial charge >= 0.3 is 25.8 Å². The smallest absolute Gasteiger partial charge is 0.672 e. The minimum Gasteiger partial charge on any atom is -0.672 e. The summed E-state index contributed by atoms with van der Waals surface area (Å²) in [5.74, 6) is 2.31. The molecule has 0 saturated carbocycles. The molecule has 262 valence electrons. The molecule has 0 unspecified atom stereocenters. The van der Waals surface area contributed by atoms with Gasteiger partial charge in [0.05, 0.1) is 0 Å². The second kappa shape index (κ2) is 24.1. The quantitative estimate of drug-likeness (QED) is 0.107. The summed E-state index contributed by atoms with van der Waals surface area (Å²) < 4.78 is 9.11. The molecule has 0 amide bonds. The Hall–Kier alpha value is -1.21. The van der Waals surface area contributed by atoms with E-state index in [-0.39, 0.29) is 25.8 Å². The van der Waals surface area contributed by atoms with Gasteiger partial charge in [-0.3, -0.25) is 0 Å². The number of benzene rings is 3. The maximum atomic E-state index is 5.32. The Morgan fingerprint density at radius 1 is 0.479 bits per heavy atom. The van der Waals surface area contributed by atoms with E-state index in [1.807, 2.05) is 6.07 Å². The van der Waals surface area contributed by atoms with Crippen molar-refractivity contribution in [2.24, 2.45) is 4.99 Å². The average Bonchev–Trinajstić information content (AvgIpc) is 2.96. The number of aliphatic imine (C=N–C) groups is 1. The van der Waals surface area contributed by atoms with E-state index in [1.54, 1.807) is 0 Å². The molecule has 3 rings (SSSR count). The van der Waals surface area contributed by atoms with E-state index in [9.17, 15) is 0 Å². The van der Waals surface area contributed by atoms with Crippen molar-refractivity contribution >= 4 is 53.0 Å². The predicted molar refractivity (Wildman–Crippen MR) is 227 cm³/mol. The van der Waals surface area contributed by atoms with Crippen molar-refractivity contribution in [3.05, 3.63) is 109 Å². The molecule has 9 heteroatoms. The molecule has 0 atom stereocenters. The number of hydrogen-bond acceptors (Lipinski definition) is 1. The van der Waals surface area contributed by atoms with E-state index in [0.29, 0.717) is 23.7 Å². The van der Waals surface area contributed by atoms with Gasteiger partial charge in [0, 0.05) is 0 Å². The van der Waals surface area contributed by atoms with Crippen LogP contribution in [0.25, 0.3) is 14.6 Å². The predicted octanol–water partition coefficient (Wildman–Crippen LogP) is 12.6. The van der Waals surface area contributed by atoms with Gasteiger partial charge < -0.3 is 19.6 Å². The van der Waals surface area contributed by atoms with Crippen molar-refractivity contribution in [1.82, 2.24) is 0 Å². The van der Waals surface area contributed by atoms with Crippen LogP contribution in [-0.4, -0.2) is 41.7 Å². The van der Waals surface area contributed by atoms with Gasteiger partial charge in [0.2, 0.25) is 0 Å². The van der Waals surface area contributed by atoms with Crippen LogP contribution in [-0.2, 0) is 25.8 Å². The molecule has 0 spiro atoms. The first-order valence-corrected chi connectivity index (χ1v) is 29.3. The topological polar surface area (TPSA) is 54.7 Å². The van der Waals surface area contributed by atoms with Crippen LogP contribution < -0.4 is 0 Å². The summed E-state index contributed by atoms with van der Waals surface area (Å²) in [5, 5.41) is 5.32. The third kappa shape index (κ3) is 17.1. The number of amidine groups is 1. The number of nitrogens with zero attached hydrogens (tertiary/aromatic N) is 4. The molecule has 0 aromatic heterocycles. The van der Waals surface area contributed by atoms with E-state index in [2.05, 4.69) is 178 Å². The Morgan fingerprint density at radius 2 is 0.812 bits per heavy atom. The molecule has 48 heavy (non-hydrogen) atoms. The largest absolute Gasteiger partial charge is 3.00 e. The van der Waals surface area contributed by atoms with Gasteiger partial charge in [-0.05, 0) is 62.9 Å². The Bertz CT molecular complexity index is 1260. The van der Waals surface area contributed by atoms with E-state index in [0.717, 1.165) is 22.8 Å². The molecular formula is C39H67N4ScSi4. The van der Waals surface area contributed by atoms with Crippen LogP contribution in [0, 0.1) is 0 Å². The third-order valence-corrected chi connectivity index (χ3v) is 16.9. The Morgan fingerprint density at radius 3 is 1.10 bits per heavy atom. The van der Waals surface area contributed by atoms with Gasteiger partial charge in [-0.25, -0.2) is 0 Å². The summed E-state index contributed by atoms with van der Waals surface area (Å²) in [4.78, 5) is 5.32. The van der Waals surface area contributed by atoms with Crippen molar-refractivity contribution < 1.29 is 25.8 Å². The van der Waals surface area contributed by atoms with Crippen LogP contribution in [0.2, 0.25) is 52.4 Å². The molecule has 0 saturated heterocycles. The van der Waals surface area contributed by atoms with Crippen LogP contribution in [0.4, 0.5) is 11.4 Å². The second-order valence-corrected chi connectivity index (χ2v) is 25.9. The van der Waals surface area contributed by atoms with Crippen LogP contribution in [0.1, 0.15) is 107 Å². The summed E-state index contributed by atoms with van der Waals surface area (Å²) in [6.45, 7) is 36.1. The van der Waals surface area contributed by atoms with Crippen LogP contribution in [0.5, 0.6) is 0 Å². The molecule has 0 N–H and O–H groups in total. The molecule has 0 aliphatic heterocycles. The fourth-order valence-corrected chi connectivity index (χ4v) is 15.0. The monoisotopic (exact) mass is 748 g/mol. The van der Waals surface area contributed by atoms with Gasteiger partial charge in [0.25, 0.3) is 0 Å². The minimum atomic E-state index is -0.542. The summed E-state index contributed by atoms with van der Waals surface area (Å²) in [7, 11) is -2.17. The standard InChI is InChI=1S/C31H39N2.2C4H14NSi2.Sc/c1-20(2)25-16-12-17-26(21(3)4)29(25)32-31(24-14-10-9-11-15-24)33-30-27(22(5)6)18-13-19-28(30)23(7)8;2*1-6(2)5-7(3)4;/h9-23H,1-8H3;2*6-7H,1-4H3;/q3*-1;+3. The van der Waals surface area contributed by atoms with Crippen molar-refractivity contribution in [2.45, 2.75) is 131 Å². The molecule has 0 radical (unpaired) electrons. The molecule has 0 aliphatic rings. The van der Waals surface area contributed by atoms with Crippen molar-refractivity contribution in [3.8, 4) is 0 Å². The summed E-state index contributed by atoms with van der Waals surface area (Å²) in [5.41, 5.74) is 8.25. The normalized spacial score (nSPS) is 11.7. The van der Waals surface area contributed by atoms with E-state index >= 15 is 0 Å². The summed E-state index contributed by atoms with van der Waals surface area (Å²) >= 11 is 0. The van der Waals surface area contributed by atoms with Crippen molar-refractivity contribution in [2.75, 3.05) is 0 Å². The van der Waals surface area contributed by atoms with Crippen LogP contribution in [0.3, 0.4) is 0 Å². The third-order valence-electron chi connectivity index (χ3n) is 7.34. The van der Waals surface area contributed by atoms with Gasteiger partial charge in [-0.1, -0.05) is 216 Å². The zero-order valence-corrected chi connectivity index (χ0v) is 39.8. The van der Waals surface area contributed by atoms with Gasteiger partial charge in [0.1, 0.15) is 0 Å². The minimum absolute atomic E-state index is 0. The molecule has 3 aromatic carbocycles. The number of para-hydroxylation sites is 2. The van der Waals surface area contributed by atoms with E-state index in [1.165, 1.54) is 22.3 Å². The first-order valence-electron chi connectivity index (χ1n) is 18.0. The zero-order chi connectivity index (χ0) is 35.8. The Balaban J connectivity index is 0.00000123. The molecular weight excluding hydrogens is 682 g/mol. The number of rotatable bonds is 11. The average molecular weight is 749 g/mol. The van der Waals surface area contributed by atoms with E-state index < -0.39 is 35.8 Å². The summed E-state index contributed by atoms with van der Waals surface area (Å²) in [6.07, 6.45) is 0. The van der Waals surface area contributed by atoms with E-state index in [4.69, 9.17) is 10.3 Å². The fourth-order valence-electron chi connectivity index (χ4n) is 5.43. The maximum absolute atomic E-state index is 5.32. The first-order chi connectivity index (χ1) is 22.0. The van der Waals surface area contributed by atoms with Crippen molar-refractivity contribution in [1.29, 1.82) is 0 Å². The molecule has 0 heterocycles. The Kier molecular flexibility index (Phi) is 23.5. The van der Waals surface area contributed by atoms with Crippen LogP contribution >= 0.6 is 0 Å². The van der Waals surface area contributed by atoms with Gasteiger partial charge in [-0.15, -0.1) is 0 Å². The van der Waals surface area contributed by atoms with Gasteiger partial charge in [-0.2, -0.15) is 0 Å². The molecule has 0 aliphatic carbocycles. The number of hydrogen-bond donors (Lipinski definition) is 0. The van der Waals surface area contributed by atoms with Gasteiger partial charge in [0.15, 0.2) is 0 Å². The van der Waals surface area contributed by atoms with Crippen molar-refractivity contribution in [3.63, 3.8) is 0 Å². The van der Waals surface area contributed by atoms with Crippen LogP contribution in [0.15, 0.2) is 71.7 Å². The SMILES string of the molecule is CC(C)c1cccc(C(C)C)c1N=C([N-]c1c(C(C)C)cccc1C(C)C)c1ccccc1.C[SiH](C)[N-][SiH](C)C.C[SiH](C)[N-][SiH](C)C.[Sc+3]. The fraction of sp³-hybridized carbons (Fsp3) is 0.513.